The molecule has 1 amide bonds. The first-order chi connectivity index (χ1) is 8.63. The Hall–Kier alpha value is -1.39. The number of carbonyl (C=O) groups is 1. The number of rotatable bonds is 7. The van der Waals surface area contributed by atoms with E-state index in [-0.39, 0.29) is 12.5 Å². The van der Waals surface area contributed by atoms with Gasteiger partial charge in [0.15, 0.2) is 0 Å². The Morgan fingerprint density at radius 2 is 2.06 bits per heavy atom. The molecule has 3 N–H and O–H groups in total. The van der Waals surface area contributed by atoms with Crippen LogP contribution in [0.2, 0.25) is 0 Å². The lowest BCUT2D eigenvalue weighted by Gasteiger charge is -2.10. The van der Waals surface area contributed by atoms with Crippen LogP contribution in [-0.4, -0.2) is 23.6 Å². The van der Waals surface area contributed by atoms with Crippen molar-refractivity contribution in [2.45, 2.75) is 39.3 Å². The third-order valence-corrected chi connectivity index (χ3v) is 2.59. The third kappa shape index (κ3) is 5.29. The zero-order valence-electron chi connectivity index (χ0n) is 11.1. The predicted octanol–water partition coefficient (Wildman–Crippen LogP) is 1.90. The minimum atomic E-state index is -0.0641. The highest BCUT2D eigenvalue weighted by atomic mass is 16.3. The first kappa shape index (κ1) is 14.7. The number of aliphatic hydroxyl groups is 1. The van der Waals surface area contributed by atoms with E-state index in [0.717, 1.165) is 18.5 Å². The van der Waals surface area contributed by atoms with Crippen LogP contribution in [0, 0.1) is 0 Å². The Morgan fingerprint density at radius 1 is 1.33 bits per heavy atom. The quantitative estimate of drug-likeness (QED) is 0.648. The van der Waals surface area contributed by atoms with Gasteiger partial charge in [-0.25, -0.2) is 0 Å². The molecule has 0 atom stereocenters. The zero-order valence-corrected chi connectivity index (χ0v) is 11.1. The first-order valence-electron chi connectivity index (χ1n) is 6.35. The van der Waals surface area contributed by atoms with Crippen LogP contribution in [-0.2, 0) is 11.4 Å². The second-order valence-electron chi connectivity index (χ2n) is 4.58. The van der Waals surface area contributed by atoms with Gasteiger partial charge in [0.05, 0.1) is 6.61 Å². The molecule has 4 nitrogen and oxygen atoms in total. The van der Waals surface area contributed by atoms with E-state index in [1.165, 1.54) is 0 Å². The standard InChI is InChI=1S/C14H22N2O2/c1-11(2)15-9-5-8-14(18)16-13-7-4-3-6-12(13)10-17/h3-4,6-7,11,15,17H,5,8-10H2,1-2H3,(H,16,18). The highest BCUT2D eigenvalue weighted by molar-refractivity contribution is 5.91. The van der Waals surface area contributed by atoms with Gasteiger partial charge in [0.2, 0.25) is 5.91 Å². The summed E-state index contributed by atoms with van der Waals surface area (Å²) >= 11 is 0. The molecule has 100 valence electrons. The van der Waals surface area contributed by atoms with Gasteiger partial charge in [0, 0.05) is 23.7 Å². The molecule has 1 rings (SSSR count). The smallest absolute Gasteiger partial charge is 0.224 e. The van der Waals surface area contributed by atoms with E-state index in [1.54, 1.807) is 12.1 Å². The summed E-state index contributed by atoms with van der Waals surface area (Å²) in [4.78, 5) is 11.7. The molecule has 4 heteroatoms. The highest BCUT2D eigenvalue weighted by Crippen LogP contribution is 2.14. The number of hydrogen-bond acceptors (Lipinski definition) is 3. The molecule has 1 aromatic carbocycles. The van der Waals surface area contributed by atoms with E-state index < -0.39 is 0 Å². The van der Waals surface area contributed by atoms with Crippen LogP contribution in [0.25, 0.3) is 0 Å². The number of amides is 1. The predicted molar refractivity (Wildman–Crippen MR) is 73.4 cm³/mol. The second-order valence-corrected chi connectivity index (χ2v) is 4.58. The van der Waals surface area contributed by atoms with Crippen molar-refractivity contribution in [3.8, 4) is 0 Å². The topological polar surface area (TPSA) is 61.4 Å². The van der Waals surface area contributed by atoms with Gasteiger partial charge in [-0.05, 0) is 19.0 Å². The Balaban J connectivity index is 2.35. The maximum atomic E-state index is 11.7. The Labute approximate surface area is 108 Å². The summed E-state index contributed by atoms with van der Waals surface area (Å²) in [7, 11) is 0. The number of hydrogen-bond donors (Lipinski definition) is 3. The van der Waals surface area contributed by atoms with Crippen molar-refractivity contribution in [1.82, 2.24) is 5.32 Å². The summed E-state index contributed by atoms with van der Waals surface area (Å²) in [5, 5.41) is 15.2. The van der Waals surface area contributed by atoms with Gasteiger partial charge in [-0.3, -0.25) is 4.79 Å². The molecule has 0 fully saturated rings. The molecule has 0 aliphatic rings. The van der Waals surface area contributed by atoms with Crippen LogP contribution in [0.5, 0.6) is 0 Å². The van der Waals surface area contributed by atoms with Crippen molar-refractivity contribution in [1.29, 1.82) is 0 Å². The maximum Gasteiger partial charge on any atom is 0.224 e. The normalized spacial score (nSPS) is 10.7. The fourth-order valence-corrected chi connectivity index (χ4v) is 1.63. The molecule has 18 heavy (non-hydrogen) atoms. The minimum absolute atomic E-state index is 0.0125. The van der Waals surface area contributed by atoms with Crippen LogP contribution < -0.4 is 10.6 Å². The van der Waals surface area contributed by atoms with Gasteiger partial charge < -0.3 is 15.7 Å². The van der Waals surface area contributed by atoms with Gasteiger partial charge in [-0.1, -0.05) is 32.0 Å². The van der Waals surface area contributed by atoms with E-state index >= 15 is 0 Å². The molecule has 0 spiro atoms. The van der Waals surface area contributed by atoms with Gasteiger partial charge in [-0.15, -0.1) is 0 Å². The van der Waals surface area contributed by atoms with Crippen LogP contribution >= 0.6 is 0 Å². The van der Waals surface area contributed by atoms with Crippen LogP contribution in [0.3, 0.4) is 0 Å². The Morgan fingerprint density at radius 3 is 2.72 bits per heavy atom. The summed E-state index contributed by atoms with van der Waals surface area (Å²) < 4.78 is 0. The average molecular weight is 250 g/mol. The number of benzene rings is 1. The zero-order chi connectivity index (χ0) is 13.4. The Bertz CT molecular complexity index is 378. The highest BCUT2D eigenvalue weighted by Gasteiger charge is 2.05. The molecule has 0 radical (unpaired) electrons. The van der Waals surface area contributed by atoms with Gasteiger partial charge in [0.25, 0.3) is 0 Å². The summed E-state index contributed by atoms with van der Waals surface area (Å²) in [5.74, 6) is -0.0125. The van der Waals surface area contributed by atoms with Crippen molar-refractivity contribution in [2.75, 3.05) is 11.9 Å². The monoisotopic (exact) mass is 250 g/mol. The van der Waals surface area contributed by atoms with Crippen LogP contribution in [0.1, 0.15) is 32.3 Å². The molecule has 0 unspecified atom stereocenters. The van der Waals surface area contributed by atoms with Crippen molar-refractivity contribution in [3.05, 3.63) is 29.8 Å². The maximum absolute atomic E-state index is 11.7. The van der Waals surface area contributed by atoms with Crippen molar-refractivity contribution in [2.24, 2.45) is 0 Å². The molecule has 0 aliphatic heterocycles. The van der Waals surface area contributed by atoms with Crippen LogP contribution in [0.4, 0.5) is 5.69 Å². The molecular weight excluding hydrogens is 228 g/mol. The second kappa shape index (κ2) is 7.84. The first-order valence-corrected chi connectivity index (χ1v) is 6.35. The average Bonchev–Trinajstić information content (AvgIpc) is 2.35. The van der Waals surface area contributed by atoms with E-state index in [4.69, 9.17) is 5.11 Å². The fourth-order valence-electron chi connectivity index (χ4n) is 1.63. The molecule has 0 heterocycles. The van der Waals surface area contributed by atoms with Crippen LogP contribution in [0.15, 0.2) is 24.3 Å². The van der Waals surface area contributed by atoms with E-state index in [2.05, 4.69) is 24.5 Å². The van der Waals surface area contributed by atoms with E-state index in [0.29, 0.717) is 18.2 Å². The summed E-state index contributed by atoms with van der Waals surface area (Å²) in [6.07, 6.45) is 1.30. The van der Waals surface area contributed by atoms with Crippen molar-refractivity contribution < 1.29 is 9.90 Å². The number of para-hydroxylation sites is 1. The van der Waals surface area contributed by atoms with Crippen molar-refractivity contribution in [3.63, 3.8) is 0 Å². The Kier molecular flexibility index (Phi) is 6.39. The summed E-state index contributed by atoms with van der Waals surface area (Å²) in [6, 6.07) is 7.73. The fraction of sp³-hybridized carbons (Fsp3) is 0.500. The minimum Gasteiger partial charge on any atom is -0.392 e. The summed E-state index contributed by atoms with van der Waals surface area (Å²) in [5.41, 5.74) is 1.44. The molecular formula is C14H22N2O2. The lowest BCUT2D eigenvalue weighted by atomic mass is 10.2. The number of carbonyl (C=O) groups excluding carboxylic acids is 1. The molecule has 0 saturated heterocycles. The molecule has 0 saturated carbocycles. The SMILES string of the molecule is CC(C)NCCCC(=O)Nc1ccccc1CO. The molecule has 0 bridgehead atoms. The number of nitrogens with one attached hydrogen (secondary N) is 2. The largest absolute Gasteiger partial charge is 0.392 e. The van der Waals surface area contributed by atoms with Gasteiger partial charge in [-0.2, -0.15) is 0 Å². The third-order valence-electron chi connectivity index (χ3n) is 2.59. The lowest BCUT2D eigenvalue weighted by Crippen LogP contribution is -2.24. The van der Waals surface area contributed by atoms with E-state index in [9.17, 15) is 4.79 Å². The summed E-state index contributed by atoms with van der Waals surface area (Å²) in [6.45, 7) is 4.94. The van der Waals surface area contributed by atoms with E-state index in [1.807, 2.05) is 12.1 Å². The molecule has 0 aromatic heterocycles. The van der Waals surface area contributed by atoms with Gasteiger partial charge in [0.1, 0.15) is 0 Å². The van der Waals surface area contributed by atoms with Gasteiger partial charge >= 0.3 is 0 Å². The lowest BCUT2D eigenvalue weighted by molar-refractivity contribution is -0.116. The number of aliphatic hydroxyl groups excluding tert-OH is 1. The van der Waals surface area contributed by atoms with Crippen molar-refractivity contribution >= 4 is 11.6 Å². The molecule has 0 aliphatic carbocycles. The number of anilines is 1. The molecule has 1 aromatic rings.